The predicted octanol–water partition coefficient (Wildman–Crippen LogP) is 5.45. The maximum Gasteiger partial charge on any atom is 0.327 e. The molecule has 3 aromatic rings. The van der Waals surface area contributed by atoms with Crippen LogP contribution in [-0.4, -0.2) is 37.2 Å². The maximum absolute atomic E-state index is 13.4. The van der Waals surface area contributed by atoms with Crippen molar-refractivity contribution >= 4 is 23.2 Å². The number of pyridine rings is 1. The predicted molar refractivity (Wildman–Crippen MR) is 140 cm³/mol. The Morgan fingerprint density at radius 3 is 2.76 bits per heavy atom. The number of amides is 2. The van der Waals surface area contributed by atoms with Gasteiger partial charge in [0, 0.05) is 24.3 Å². The van der Waals surface area contributed by atoms with Gasteiger partial charge in [-0.2, -0.15) is 0 Å². The molecular weight excluding hydrogens is 422 g/mol. The zero-order chi connectivity index (χ0) is 23.3. The monoisotopic (exact) mass is 455 g/mol. The van der Waals surface area contributed by atoms with Gasteiger partial charge in [-0.25, -0.2) is 9.78 Å². The van der Waals surface area contributed by atoms with Crippen molar-refractivity contribution in [2.24, 2.45) is 5.92 Å². The molecule has 3 heterocycles. The Labute approximate surface area is 201 Å². The minimum absolute atomic E-state index is 0.141. The molecule has 2 aromatic carbocycles. The summed E-state index contributed by atoms with van der Waals surface area (Å²) in [4.78, 5) is 20.1. The standard InChI is InChI=1S/C28H33N5O/c1-20-5-2-7-23(17-20)25-9-10-26-27(32-25)33(16-4-13-30-26)28(34)31-24-8-3-6-22(19-24)18-21-11-14-29-15-12-21/h2-3,5-10,17,19,21,29-30H,4,11-16,18H2,1H3,(H,31,34). The number of aryl methyl sites for hydroxylation is 1. The molecule has 3 N–H and O–H groups in total. The fourth-order valence-electron chi connectivity index (χ4n) is 4.91. The van der Waals surface area contributed by atoms with E-state index in [1.807, 2.05) is 30.3 Å². The maximum atomic E-state index is 13.4. The molecule has 34 heavy (non-hydrogen) atoms. The number of carbonyl (C=O) groups is 1. The van der Waals surface area contributed by atoms with E-state index in [4.69, 9.17) is 4.98 Å². The molecule has 6 nitrogen and oxygen atoms in total. The SMILES string of the molecule is Cc1cccc(-c2ccc3c(n2)N(C(=O)Nc2cccc(CC4CCNCC4)c2)CCCN3)c1. The first-order valence-electron chi connectivity index (χ1n) is 12.4. The van der Waals surface area contributed by atoms with E-state index in [-0.39, 0.29) is 6.03 Å². The van der Waals surface area contributed by atoms with Crippen LogP contribution in [0.3, 0.4) is 0 Å². The molecule has 0 saturated carbocycles. The van der Waals surface area contributed by atoms with Crippen LogP contribution >= 0.6 is 0 Å². The quantitative estimate of drug-likeness (QED) is 0.489. The number of carbonyl (C=O) groups excluding carboxylic acids is 1. The zero-order valence-corrected chi connectivity index (χ0v) is 19.8. The van der Waals surface area contributed by atoms with Gasteiger partial charge in [-0.1, -0.05) is 35.9 Å². The molecule has 0 radical (unpaired) electrons. The molecule has 0 unspecified atom stereocenters. The van der Waals surface area contributed by atoms with Gasteiger partial charge in [0.2, 0.25) is 0 Å². The topological polar surface area (TPSA) is 69.3 Å². The number of hydrogen-bond acceptors (Lipinski definition) is 4. The first kappa shape index (κ1) is 22.4. The van der Waals surface area contributed by atoms with Crippen LogP contribution in [0.25, 0.3) is 11.3 Å². The number of nitrogens with one attached hydrogen (secondary N) is 3. The molecular formula is C28H33N5O. The highest BCUT2D eigenvalue weighted by Gasteiger charge is 2.24. The van der Waals surface area contributed by atoms with E-state index >= 15 is 0 Å². The van der Waals surface area contributed by atoms with Crippen LogP contribution in [0, 0.1) is 12.8 Å². The summed E-state index contributed by atoms with van der Waals surface area (Å²) in [7, 11) is 0. The first-order valence-corrected chi connectivity index (χ1v) is 12.4. The summed E-state index contributed by atoms with van der Waals surface area (Å²) in [5, 5.41) is 9.99. The Kier molecular flexibility index (Phi) is 6.77. The van der Waals surface area contributed by atoms with Gasteiger partial charge >= 0.3 is 6.03 Å². The van der Waals surface area contributed by atoms with Gasteiger partial charge in [0.15, 0.2) is 5.82 Å². The van der Waals surface area contributed by atoms with E-state index in [0.29, 0.717) is 18.3 Å². The molecule has 2 aliphatic heterocycles. The molecule has 2 aliphatic rings. The second-order valence-electron chi connectivity index (χ2n) is 9.40. The molecule has 0 atom stereocenters. The molecule has 0 bridgehead atoms. The molecule has 0 spiro atoms. The molecule has 0 aliphatic carbocycles. The minimum Gasteiger partial charge on any atom is -0.382 e. The second kappa shape index (κ2) is 10.3. The lowest BCUT2D eigenvalue weighted by Gasteiger charge is -2.24. The van der Waals surface area contributed by atoms with Gasteiger partial charge in [-0.05, 0) is 87.5 Å². The third-order valence-corrected chi connectivity index (χ3v) is 6.73. The van der Waals surface area contributed by atoms with Crippen molar-refractivity contribution in [2.45, 2.75) is 32.6 Å². The van der Waals surface area contributed by atoms with Crippen LogP contribution in [0.4, 0.5) is 22.0 Å². The highest BCUT2D eigenvalue weighted by Crippen LogP contribution is 2.31. The summed E-state index contributed by atoms with van der Waals surface area (Å²) in [5.41, 5.74) is 6.12. The van der Waals surface area contributed by atoms with E-state index < -0.39 is 0 Å². The van der Waals surface area contributed by atoms with Gasteiger partial charge < -0.3 is 16.0 Å². The average Bonchev–Trinajstić information content (AvgIpc) is 3.07. The smallest absolute Gasteiger partial charge is 0.327 e. The van der Waals surface area contributed by atoms with E-state index in [2.05, 4.69) is 53.2 Å². The number of aromatic nitrogens is 1. The zero-order valence-electron chi connectivity index (χ0n) is 19.8. The van der Waals surface area contributed by atoms with Crippen LogP contribution in [0.15, 0.2) is 60.7 Å². The Morgan fingerprint density at radius 2 is 1.91 bits per heavy atom. The van der Waals surface area contributed by atoms with E-state index in [1.54, 1.807) is 4.90 Å². The number of benzene rings is 2. The summed E-state index contributed by atoms with van der Waals surface area (Å²) in [6.45, 7) is 5.70. The fraction of sp³-hybridized carbons (Fsp3) is 0.357. The highest BCUT2D eigenvalue weighted by atomic mass is 16.2. The largest absolute Gasteiger partial charge is 0.382 e. The van der Waals surface area contributed by atoms with Crippen molar-refractivity contribution in [3.8, 4) is 11.3 Å². The van der Waals surface area contributed by atoms with Crippen molar-refractivity contribution < 1.29 is 4.79 Å². The van der Waals surface area contributed by atoms with E-state index in [1.165, 1.54) is 24.0 Å². The Hall–Kier alpha value is -3.38. The molecule has 6 heteroatoms. The number of urea groups is 1. The molecule has 1 fully saturated rings. The van der Waals surface area contributed by atoms with Crippen molar-refractivity contribution in [2.75, 3.05) is 41.7 Å². The second-order valence-corrected chi connectivity index (χ2v) is 9.40. The van der Waals surface area contributed by atoms with Crippen LogP contribution < -0.4 is 20.9 Å². The summed E-state index contributed by atoms with van der Waals surface area (Å²) < 4.78 is 0. The van der Waals surface area contributed by atoms with Gasteiger partial charge in [0.25, 0.3) is 0 Å². The molecule has 176 valence electrons. The van der Waals surface area contributed by atoms with Crippen LogP contribution in [-0.2, 0) is 6.42 Å². The van der Waals surface area contributed by atoms with Crippen LogP contribution in [0.1, 0.15) is 30.4 Å². The number of fused-ring (bicyclic) bond motifs is 1. The summed E-state index contributed by atoms with van der Waals surface area (Å²) in [6.07, 6.45) is 4.34. The third kappa shape index (κ3) is 5.23. The van der Waals surface area contributed by atoms with Crippen molar-refractivity contribution in [1.82, 2.24) is 10.3 Å². The van der Waals surface area contributed by atoms with Gasteiger partial charge in [0.05, 0.1) is 11.4 Å². The molecule has 5 rings (SSSR count). The van der Waals surface area contributed by atoms with Crippen LogP contribution in [0.5, 0.6) is 0 Å². The van der Waals surface area contributed by atoms with Crippen molar-refractivity contribution in [3.05, 3.63) is 71.8 Å². The molecule has 1 aromatic heterocycles. The van der Waals surface area contributed by atoms with Gasteiger partial charge in [0.1, 0.15) is 0 Å². The normalized spacial score (nSPS) is 16.3. The summed E-state index contributed by atoms with van der Waals surface area (Å²) >= 11 is 0. The summed E-state index contributed by atoms with van der Waals surface area (Å²) in [5.74, 6) is 1.39. The van der Waals surface area contributed by atoms with Crippen molar-refractivity contribution in [1.29, 1.82) is 0 Å². The average molecular weight is 456 g/mol. The summed E-state index contributed by atoms with van der Waals surface area (Å²) in [6, 6.07) is 20.5. The lowest BCUT2D eigenvalue weighted by molar-refractivity contribution is 0.257. The van der Waals surface area contributed by atoms with Crippen molar-refractivity contribution in [3.63, 3.8) is 0 Å². The lowest BCUT2D eigenvalue weighted by atomic mass is 9.91. The Morgan fingerprint density at radius 1 is 1.06 bits per heavy atom. The van der Waals surface area contributed by atoms with E-state index in [9.17, 15) is 4.79 Å². The number of hydrogen-bond donors (Lipinski definition) is 3. The minimum atomic E-state index is -0.141. The van der Waals surface area contributed by atoms with Crippen LogP contribution in [0.2, 0.25) is 0 Å². The van der Waals surface area contributed by atoms with Gasteiger partial charge in [-0.3, -0.25) is 4.90 Å². The number of rotatable bonds is 4. The number of nitrogens with zero attached hydrogens (tertiary/aromatic N) is 2. The highest BCUT2D eigenvalue weighted by molar-refractivity contribution is 6.03. The Bertz CT molecular complexity index is 1160. The van der Waals surface area contributed by atoms with Gasteiger partial charge in [-0.15, -0.1) is 0 Å². The molecule has 1 saturated heterocycles. The lowest BCUT2D eigenvalue weighted by Crippen LogP contribution is -2.36. The third-order valence-electron chi connectivity index (χ3n) is 6.73. The number of anilines is 3. The molecule has 2 amide bonds. The van der Waals surface area contributed by atoms with E-state index in [0.717, 1.165) is 55.1 Å². The first-order chi connectivity index (χ1) is 16.7. The number of piperidine rings is 1. The Balaban J connectivity index is 1.36. The fourth-order valence-corrected chi connectivity index (χ4v) is 4.91.